The quantitative estimate of drug-likeness (QED) is 0.619. The van der Waals surface area contributed by atoms with Crippen molar-refractivity contribution in [2.45, 2.75) is 38.9 Å². The maximum atomic E-state index is 8.74. The van der Waals surface area contributed by atoms with Crippen LogP contribution in [-0.2, 0) is 9.31 Å². The summed E-state index contributed by atoms with van der Waals surface area (Å²) in [5.41, 5.74) is 0.138. The van der Waals surface area contributed by atoms with Gasteiger partial charge in [-0.05, 0) is 33.2 Å². The fourth-order valence-electron chi connectivity index (χ4n) is 1.62. The minimum absolute atomic E-state index is 0.350. The minimum atomic E-state index is -0.410. The number of nitriles is 1. The molecule has 0 unspecified atom stereocenters. The second-order valence-electron chi connectivity index (χ2n) is 5.11. The van der Waals surface area contributed by atoms with Gasteiger partial charge in [0, 0.05) is 12.2 Å². The van der Waals surface area contributed by atoms with E-state index >= 15 is 0 Å². The van der Waals surface area contributed by atoms with Crippen molar-refractivity contribution in [1.29, 1.82) is 5.26 Å². The van der Waals surface area contributed by atoms with Crippen LogP contribution in [0.3, 0.4) is 0 Å². The first-order chi connectivity index (χ1) is 7.36. The zero-order valence-electron chi connectivity index (χ0n) is 10.0. The van der Waals surface area contributed by atoms with Crippen LogP contribution in [0.15, 0.2) is 16.4 Å². The molecule has 0 aromatic carbocycles. The van der Waals surface area contributed by atoms with E-state index in [1.165, 1.54) is 0 Å². The fourth-order valence-corrected chi connectivity index (χ4v) is 1.62. The summed E-state index contributed by atoms with van der Waals surface area (Å²) in [6.45, 7) is 7.61. The minimum Gasteiger partial charge on any atom is -0.399 e. The van der Waals surface area contributed by atoms with E-state index in [0.717, 1.165) is 5.47 Å². The average molecular weight is 216 g/mol. The van der Waals surface area contributed by atoms with Gasteiger partial charge in [-0.3, -0.25) is 0 Å². The van der Waals surface area contributed by atoms with Crippen molar-refractivity contribution in [2.75, 3.05) is 0 Å². The van der Waals surface area contributed by atoms with E-state index in [9.17, 15) is 0 Å². The molecule has 0 bridgehead atoms. The topological polar surface area (TPSA) is 54.6 Å². The van der Waals surface area contributed by atoms with Crippen LogP contribution in [0.5, 0.6) is 0 Å². The highest BCUT2D eigenvalue weighted by atomic mass is 16.7. The highest BCUT2D eigenvalue weighted by Crippen LogP contribution is 2.38. The van der Waals surface area contributed by atoms with E-state index in [2.05, 4.69) is 10.9 Å². The number of hydrogen-bond acceptors (Lipinski definition) is 4. The van der Waals surface area contributed by atoms with E-state index in [0.29, 0.717) is 0 Å². The molecule has 2 heterocycles. The first kappa shape index (κ1) is 11.4. The summed E-state index contributed by atoms with van der Waals surface area (Å²) in [6, 6.07) is 0. The Morgan fingerprint density at radius 2 is 1.81 bits per heavy atom. The first-order valence-corrected chi connectivity index (χ1v) is 5.36. The standard InChI is InChI=1S/C10H14B2N2O2/c1-9(2)10(3,4)16-12(15-9)8-5-11(7-13)14-6-8/h5-6H,1-4H3. The van der Waals surface area contributed by atoms with Crippen LogP contribution in [-0.4, -0.2) is 31.4 Å². The zero-order chi connectivity index (χ0) is 12.0. The molecule has 2 rings (SSSR count). The first-order valence-electron chi connectivity index (χ1n) is 5.36. The summed E-state index contributed by atoms with van der Waals surface area (Å²) in [4.78, 5) is 4.04. The van der Waals surface area contributed by atoms with E-state index < -0.39 is 14.0 Å². The molecule has 82 valence electrons. The molecule has 6 heteroatoms. The zero-order valence-corrected chi connectivity index (χ0v) is 10.0. The van der Waals surface area contributed by atoms with Crippen LogP contribution in [0.4, 0.5) is 0 Å². The monoisotopic (exact) mass is 216 g/mol. The van der Waals surface area contributed by atoms with Crippen molar-refractivity contribution in [3.8, 4) is 5.97 Å². The van der Waals surface area contributed by atoms with Gasteiger partial charge < -0.3 is 14.2 Å². The number of hydrogen-bond donors (Lipinski definition) is 0. The lowest BCUT2D eigenvalue weighted by Gasteiger charge is -2.32. The molecule has 1 fully saturated rings. The fraction of sp³-hybridized carbons (Fsp3) is 0.600. The van der Waals surface area contributed by atoms with Gasteiger partial charge in [0.2, 0.25) is 0 Å². The van der Waals surface area contributed by atoms with Crippen molar-refractivity contribution >= 4 is 20.2 Å². The van der Waals surface area contributed by atoms with E-state index in [4.69, 9.17) is 14.6 Å². The van der Waals surface area contributed by atoms with Gasteiger partial charge in [0.15, 0.2) is 0 Å². The van der Waals surface area contributed by atoms with Gasteiger partial charge >= 0.3 is 14.0 Å². The second-order valence-corrected chi connectivity index (χ2v) is 5.11. The highest BCUT2D eigenvalue weighted by molar-refractivity contribution is 6.77. The molecule has 4 nitrogen and oxygen atoms in total. The maximum absolute atomic E-state index is 8.74. The molecular weight excluding hydrogens is 202 g/mol. The van der Waals surface area contributed by atoms with Crippen LogP contribution in [0.2, 0.25) is 0 Å². The smallest absolute Gasteiger partial charge is 0.399 e. The Morgan fingerprint density at radius 1 is 1.25 bits per heavy atom. The molecule has 0 aliphatic carbocycles. The number of nitrogens with zero attached hydrogens (tertiary/aromatic N) is 2. The third kappa shape index (κ3) is 1.70. The van der Waals surface area contributed by atoms with Crippen molar-refractivity contribution in [3.05, 3.63) is 11.4 Å². The summed E-state index contributed by atoms with van der Waals surface area (Å²) in [6.07, 6.45) is 1.66. The lowest BCUT2D eigenvalue weighted by atomic mass is 9.63. The molecular formula is C10H14B2N2O2. The normalized spacial score (nSPS) is 25.8. The molecule has 0 radical (unpaired) electrons. The lowest BCUT2D eigenvalue weighted by molar-refractivity contribution is 0.00578. The van der Waals surface area contributed by atoms with Gasteiger partial charge in [-0.15, -0.1) is 0 Å². The van der Waals surface area contributed by atoms with Crippen LogP contribution < -0.4 is 0 Å². The molecule has 0 N–H and O–H groups in total. The van der Waals surface area contributed by atoms with Gasteiger partial charge in [0.25, 0.3) is 0 Å². The van der Waals surface area contributed by atoms with E-state index in [1.54, 1.807) is 12.2 Å². The summed E-state index contributed by atoms with van der Waals surface area (Å²) in [5.74, 6) is 3.85. The van der Waals surface area contributed by atoms with Crippen molar-refractivity contribution in [3.63, 3.8) is 0 Å². The summed E-state index contributed by atoms with van der Waals surface area (Å²) < 4.78 is 11.7. The van der Waals surface area contributed by atoms with Crippen molar-refractivity contribution in [2.24, 2.45) is 4.90 Å². The van der Waals surface area contributed by atoms with Gasteiger partial charge in [0.1, 0.15) is 0 Å². The summed E-state index contributed by atoms with van der Waals surface area (Å²) in [7, 11) is -0.410. The summed E-state index contributed by atoms with van der Waals surface area (Å²) in [5, 5.41) is 8.74. The molecule has 16 heavy (non-hydrogen) atoms. The predicted octanol–water partition coefficient (Wildman–Crippen LogP) is 1.22. The Kier molecular flexibility index (Phi) is 2.48. The van der Waals surface area contributed by atoms with Gasteiger partial charge in [-0.1, -0.05) is 5.98 Å². The lowest BCUT2D eigenvalue weighted by Crippen LogP contribution is -2.41. The number of rotatable bonds is 1. The van der Waals surface area contributed by atoms with Gasteiger partial charge in [0.05, 0.1) is 11.2 Å². The Morgan fingerprint density at radius 3 is 2.25 bits per heavy atom. The van der Waals surface area contributed by atoms with Gasteiger partial charge in [-0.25, -0.2) is 5.26 Å². The largest absolute Gasteiger partial charge is 0.495 e. The second kappa shape index (κ2) is 3.47. The molecule has 1 saturated heterocycles. The van der Waals surface area contributed by atoms with Crippen LogP contribution in [0.1, 0.15) is 27.7 Å². The van der Waals surface area contributed by atoms with Crippen LogP contribution >= 0.6 is 0 Å². The Labute approximate surface area is 96.6 Å². The van der Waals surface area contributed by atoms with Crippen molar-refractivity contribution < 1.29 is 9.31 Å². The Bertz CT molecular complexity index is 394. The molecule has 2 aliphatic heterocycles. The Hall–Kier alpha value is -1.05. The SMILES string of the molecule is CC1(C)OB(C2=CB(C#N)N=C2)OC1(C)C. The average Bonchev–Trinajstić information content (AvgIpc) is 2.70. The molecule has 0 aromatic rings. The molecule has 2 aliphatic rings. The molecule has 0 atom stereocenters. The number of allylic oxidation sites excluding steroid dienone is 1. The third-order valence-electron chi connectivity index (χ3n) is 3.39. The molecule has 0 saturated carbocycles. The van der Waals surface area contributed by atoms with Crippen LogP contribution in [0, 0.1) is 11.2 Å². The van der Waals surface area contributed by atoms with Crippen LogP contribution in [0.25, 0.3) is 0 Å². The third-order valence-corrected chi connectivity index (χ3v) is 3.39. The predicted molar refractivity (Wildman–Crippen MR) is 64.0 cm³/mol. The summed E-state index contributed by atoms with van der Waals surface area (Å²) >= 11 is 0. The highest BCUT2D eigenvalue weighted by Gasteiger charge is 2.52. The molecule has 0 amide bonds. The van der Waals surface area contributed by atoms with E-state index in [1.807, 2.05) is 27.7 Å². The van der Waals surface area contributed by atoms with Gasteiger partial charge in [-0.2, -0.15) is 0 Å². The molecule has 0 spiro atoms. The Balaban J connectivity index is 2.17. The molecule has 0 aromatic heterocycles. The van der Waals surface area contributed by atoms with Crippen molar-refractivity contribution in [1.82, 2.24) is 0 Å². The van der Waals surface area contributed by atoms with E-state index in [-0.39, 0.29) is 11.2 Å². The maximum Gasteiger partial charge on any atom is 0.495 e.